The third kappa shape index (κ3) is 3.05. The van der Waals surface area contributed by atoms with Crippen molar-refractivity contribution in [2.75, 3.05) is 18.4 Å². The summed E-state index contributed by atoms with van der Waals surface area (Å²) in [5.74, 6) is -0.915. The molecule has 1 fully saturated rings. The molecule has 5 nitrogen and oxygen atoms in total. The second kappa shape index (κ2) is 5.88. The SMILES string of the molecule is C=CCNCC(=O)Nc1ccc(C2(C(=O)O)CC2)cc1. The number of benzene rings is 1. The molecule has 1 saturated carbocycles. The molecule has 20 heavy (non-hydrogen) atoms. The lowest BCUT2D eigenvalue weighted by Crippen LogP contribution is -2.28. The largest absolute Gasteiger partial charge is 0.481 e. The molecule has 1 aliphatic carbocycles. The molecule has 0 saturated heterocycles. The zero-order chi connectivity index (χ0) is 14.6. The van der Waals surface area contributed by atoms with Crippen molar-refractivity contribution < 1.29 is 14.7 Å². The normalized spacial score (nSPS) is 15.4. The van der Waals surface area contributed by atoms with Crippen LogP contribution in [0.3, 0.4) is 0 Å². The molecule has 2 rings (SSSR count). The van der Waals surface area contributed by atoms with Gasteiger partial charge in [-0.2, -0.15) is 0 Å². The Morgan fingerprint density at radius 2 is 1.95 bits per heavy atom. The van der Waals surface area contributed by atoms with Gasteiger partial charge in [-0.05, 0) is 30.5 Å². The lowest BCUT2D eigenvalue weighted by molar-refractivity contribution is -0.140. The standard InChI is InChI=1S/C15H18N2O3/c1-2-9-16-10-13(18)17-12-5-3-11(4-6-12)15(7-8-15)14(19)20/h2-6,16H,1,7-10H2,(H,17,18)(H,19,20). The molecule has 0 atom stereocenters. The molecule has 1 aromatic rings. The fourth-order valence-electron chi connectivity index (χ4n) is 2.12. The third-order valence-corrected chi connectivity index (χ3v) is 3.45. The van der Waals surface area contributed by atoms with E-state index in [0.717, 1.165) is 5.56 Å². The lowest BCUT2D eigenvalue weighted by atomic mass is 9.96. The molecule has 0 unspecified atom stereocenters. The van der Waals surface area contributed by atoms with Crippen LogP contribution in [-0.4, -0.2) is 30.1 Å². The van der Waals surface area contributed by atoms with Gasteiger partial charge in [0.25, 0.3) is 0 Å². The second-order valence-electron chi connectivity index (χ2n) is 4.93. The number of carboxylic acids is 1. The Balaban J connectivity index is 1.94. The second-order valence-corrected chi connectivity index (χ2v) is 4.93. The summed E-state index contributed by atoms with van der Waals surface area (Å²) >= 11 is 0. The maximum absolute atomic E-state index is 11.6. The molecule has 1 amide bonds. The summed E-state index contributed by atoms with van der Waals surface area (Å²) in [7, 11) is 0. The van der Waals surface area contributed by atoms with Crippen LogP contribution in [0.4, 0.5) is 5.69 Å². The minimum atomic E-state index is -0.775. The molecule has 0 aromatic heterocycles. The average Bonchev–Trinajstić information content (AvgIpc) is 3.21. The first-order valence-corrected chi connectivity index (χ1v) is 6.54. The van der Waals surface area contributed by atoms with Gasteiger partial charge in [-0.3, -0.25) is 9.59 Å². The van der Waals surface area contributed by atoms with Gasteiger partial charge >= 0.3 is 5.97 Å². The van der Waals surface area contributed by atoms with Gasteiger partial charge in [0.2, 0.25) is 5.91 Å². The predicted molar refractivity (Wildman–Crippen MR) is 76.7 cm³/mol. The topological polar surface area (TPSA) is 78.4 Å². The van der Waals surface area contributed by atoms with Gasteiger partial charge in [-0.25, -0.2) is 0 Å². The van der Waals surface area contributed by atoms with E-state index in [2.05, 4.69) is 17.2 Å². The van der Waals surface area contributed by atoms with Crippen molar-refractivity contribution in [2.24, 2.45) is 0 Å². The molecular weight excluding hydrogens is 256 g/mol. The van der Waals surface area contributed by atoms with Crippen LogP contribution >= 0.6 is 0 Å². The van der Waals surface area contributed by atoms with Crippen molar-refractivity contribution in [3.05, 3.63) is 42.5 Å². The van der Waals surface area contributed by atoms with E-state index in [-0.39, 0.29) is 12.5 Å². The summed E-state index contributed by atoms with van der Waals surface area (Å²) in [6.45, 7) is 4.34. The van der Waals surface area contributed by atoms with Crippen LogP contribution in [0.1, 0.15) is 18.4 Å². The zero-order valence-electron chi connectivity index (χ0n) is 11.2. The number of aliphatic carboxylic acids is 1. The van der Waals surface area contributed by atoms with Gasteiger partial charge in [0.05, 0.1) is 12.0 Å². The molecule has 0 heterocycles. The monoisotopic (exact) mass is 274 g/mol. The fourth-order valence-corrected chi connectivity index (χ4v) is 2.12. The highest BCUT2D eigenvalue weighted by Crippen LogP contribution is 2.48. The van der Waals surface area contributed by atoms with E-state index in [1.807, 2.05) is 0 Å². The van der Waals surface area contributed by atoms with Gasteiger partial charge in [0, 0.05) is 12.2 Å². The highest BCUT2D eigenvalue weighted by atomic mass is 16.4. The first-order valence-electron chi connectivity index (χ1n) is 6.54. The van der Waals surface area contributed by atoms with Crippen LogP contribution < -0.4 is 10.6 Å². The highest BCUT2D eigenvalue weighted by Gasteiger charge is 2.51. The fraction of sp³-hybridized carbons (Fsp3) is 0.333. The predicted octanol–water partition coefficient (Wildman–Crippen LogP) is 1.52. The molecule has 1 aliphatic rings. The van der Waals surface area contributed by atoms with E-state index < -0.39 is 11.4 Å². The van der Waals surface area contributed by atoms with Crippen LogP contribution in [-0.2, 0) is 15.0 Å². The van der Waals surface area contributed by atoms with E-state index in [0.29, 0.717) is 25.1 Å². The summed E-state index contributed by atoms with van der Waals surface area (Å²) in [5.41, 5.74) is 0.766. The van der Waals surface area contributed by atoms with Gasteiger partial charge in [-0.1, -0.05) is 18.2 Å². The molecule has 0 radical (unpaired) electrons. The molecule has 1 aromatic carbocycles. The number of carbonyl (C=O) groups is 2. The first kappa shape index (κ1) is 14.3. The van der Waals surface area contributed by atoms with Crippen LogP contribution in [0.5, 0.6) is 0 Å². The third-order valence-electron chi connectivity index (χ3n) is 3.45. The Morgan fingerprint density at radius 1 is 1.30 bits per heavy atom. The molecule has 3 N–H and O–H groups in total. The number of carbonyl (C=O) groups excluding carboxylic acids is 1. The van der Waals surface area contributed by atoms with Crippen LogP contribution in [0.2, 0.25) is 0 Å². The van der Waals surface area contributed by atoms with Crippen LogP contribution in [0, 0.1) is 0 Å². The van der Waals surface area contributed by atoms with Crippen LogP contribution in [0.25, 0.3) is 0 Å². The zero-order valence-corrected chi connectivity index (χ0v) is 11.2. The van der Waals surface area contributed by atoms with Crippen LogP contribution in [0.15, 0.2) is 36.9 Å². The molecule has 0 aliphatic heterocycles. The van der Waals surface area contributed by atoms with E-state index in [4.69, 9.17) is 0 Å². The van der Waals surface area contributed by atoms with Gasteiger partial charge in [0.15, 0.2) is 0 Å². The van der Waals surface area contributed by atoms with E-state index in [9.17, 15) is 14.7 Å². The summed E-state index contributed by atoms with van der Waals surface area (Å²) < 4.78 is 0. The van der Waals surface area contributed by atoms with E-state index in [1.54, 1.807) is 30.3 Å². The van der Waals surface area contributed by atoms with Crippen molar-refractivity contribution in [1.82, 2.24) is 5.32 Å². The Hall–Kier alpha value is -2.14. The Kier molecular flexibility index (Phi) is 4.20. The number of nitrogens with one attached hydrogen (secondary N) is 2. The summed E-state index contributed by atoms with van der Waals surface area (Å²) in [5, 5.41) is 14.9. The number of carboxylic acid groups (broad SMARTS) is 1. The summed E-state index contributed by atoms with van der Waals surface area (Å²) in [6, 6.07) is 7.02. The van der Waals surface area contributed by atoms with Crippen molar-refractivity contribution in [3.63, 3.8) is 0 Å². The van der Waals surface area contributed by atoms with Gasteiger partial charge < -0.3 is 15.7 Å². The lowest BCUT2D eigenvalue weighted by Gasteiger charge is -2.11. The number of anilines is 1. The number of hydrogen-bond acceptors (Lipinski definition) is 3. The molecule has 5 heteroatoms. The highest BCUT2D eigenvalue weighted by molar-refractivity contribution is 5.92. The Bertz CT molecular complexity index is 518. The van der Waals surface area contributed by atoms with Gasteiger partial charge in [0.1, 0.15) is 0 Å². The molecule has 0 bridgehead atoms. The van der Waals surface area contributed by atoms with Crippen molar-refractivity contribution in [3.8, 4) is 0 Å². The van der Waals surface area contributed by atoms with E-state index >= 15 is 0 Å². The van der Waals surface area contributed by atoms with Gasteiger partial charge in [-0.15, -0.1) is 6.58 Å². The quantitative estimate of drug-likeness (QED) is 0.520. The Labute approximate surface area is 117 Å². The van der Waals surface area contributed by atoms with E-state index in [1.165, 1.54) is 0 Å². The number of amides is 1. The maximum atomic E-state index is 11.6. The van der Waals surface area contributed by atoms with Crippen molar-refractivity contribution in [2.45, 2.75) is 18.3 Å². The smallest absolute Gasteiger partial charge is 0.314 e. The average molecular weight is 274 g/mol. The van der Waals surface area contributed by atoms with Crippen molar-refractivity contribution in [1.29, 1.82) is 0 Å². The Morgan fingerprint density at radius 3 is 2.45 bits per heavy atom. The molecular formula is C15H18N2O3. The maximum Gasteiger partial charge on any atom is 0.314 e. The minimum Gasteiger partial charge on any atom is -0.481 e. The summed E-state index contributed by atoms with van der Waals surface area (Å²) in [6.07, 6.45) is 3.04. The molecule has 0 spiro atoms. The number of rotatable bonds is 7. The first-order chi connectivity index (χ1) is 9.58. The minimum absolute atomic E-state index is 0.140. The number of hydrogen-bond donors (Lipinski definition) is 3. The summed E-state index contributed by atoms with van der Waals surface area (Å²) in [4.78, 5) is 22.8. The van der Waals surface area contributed by atoms with Crippen molar-refractivity contribution >= 4 is 17.6 Å². The molecule has 106 valence electrons.